The molecule has 1 rings (SSSR count). The fraction of sp³-hybridized carbons (Fsp3) is 0.500. The second kappa shape index (κ2) is 5.57. The van der Waals surface area contributed by atoms with Crippen molar-refractivity contribution in [2.24, 2.45) is 5.41 Å². The van der Waals surface area contributed by atoms with Gasteiger partial charge in [-0.15, -0.1) is 11.8 Å². The van der Waals surface area contributed by atoms with E-state index < -0.39 is 5.41 Å². The summed E-state index contributed by atoms with van der Waals surface area (Å²) in [5, 5.41) is 9.29. The molecule has 92 valence electrons. The molecule has 3 heteroatoms. The fourth-order valence-corrected chi connectivity index (χ4v) is 2.62. The van der Waals surface area contributed by atoms with Crippen molar-refractivity contribution < 1.29 is 0 Å². The zero-order valence-corrected chi connectivity index (χ0v) is 12.0. The van der Waals surface area contributed by atoms with Gasteiger partial charge in [-0.2, -0.15) is 5.26 Å². The Morgan fingerprint density at radius 2 is 1.76 bits per heavy atom. The molecule has 1 aromatic rings. The van der Waals surface area contributed by atoms with Gasteiger partial charge in [-0.1, -0.05) is 12.1 Å². The maximum Gasteiger partial charge on any atom is 0.0714 e. The van der Waals surface area contributed by atoms with Crippen molar-refractivity contribution in [3.63, 3.8) is 0 Å². The summed E-state index contributed by atoms with van der Waals surface area (Å²) < 4.78 is 0. The van der Waals surface area contributed by atoms with E-state index in [9.17, 15) is 5.26 Å². The van der Waals surface area contributed by atoms with E-state index in [2.05, 4.69) is 41.5 Å². The van der Waals surface area contributed by atoms with Crippen LogP contribution < -0.4 is 0 Å². The van der Waals surface area contributed by atoms with Gasteiger partial charge in [-0.05, 0) is 51.9 Å². The number of rotatable bonds is 4. The second-order valence-corrected chi connectivity index (χ2v) is 5.85. The first-order chi connectivity index (χ1) is 7.92. The summed E-state index contributed by atoms with van der Waals surface area (Å²) in [5.74, 6) is 0. The van der Waals surface area contributed by atoms with Gasteiger partial charge in [0.1, 0.15) is 0 Å². The van der Waals surface area contributed by atoms with Gasteiger partial charge in [0.2, 0.25) is 0 Å². The highest BCUT2D eigenvalue weighted by molar-refractivity contribution is 7.98. The van der Waals surface area contributed by atoms with Crippen molar-refractivity contribution in [2.45, 2.75) is 24.8 Å². The summed E-state index contributed by atoms with van der Waals surface area (Å²) in [4.78, 5) is 3.36. The molecule has 17 heavy (non-hydrogen) atoms. The lowest BCUT2D eigenvalue weighted by molar-refractivity contribution is 0.185. The maximum absolute atomic E-state index is 9.29. The highest BCUT2D eigenvalue weighted by Gasteiger charge is 2.32. The number of thioether (sulfide) groups is 1. The zero-order chi connectivity index (χ0) is 13.1. The normalized spacial score (nSPS) is 13.5. The minimum Gasteiger partial charge on any atom is -0.301 e. The summed E-state index contributed by atoms with van der Waals surface area (Å²) in [5.41, 5.74) is 0.795. The Morgan fingerprint density at radius 1 is 1.24 bits per heavy atom. The molecule has 0 aliphatic rings. The van der Waals surface area contributed by atoms with E-state index in [-0.39, 0.29) is 6.04 Å². The number of nitriles is 1. The van der Waals surface area contributed by atoms with Gasteiger partial charge in [-0.25, -0.2) is 0 Å². The standard InChI is InChI=1S/C14H20N2S/c1-14(2,10-15)13(16(3)4)11-6-8-12(17-5)9-7-11/h6-9,13H,1-5H3. The van der Waals surface area contributed by atoms with Crippen molar-refractivity contribution >= 4 is 11.8 Å². The first-order valence-electron chi connectivity index (χ1n) is 5.64. The summed E-state index contributed by atoms with van der Waals surface area (Å²) in [6.45, 7) is 3.97. The molecule has 1 atom stereocenters. The van der Waals surface area contributed by atoms with E-state index in [1.165, 1.54) is 10.5 Å². The molecule has 0 heterocycles. The third-order valence-electron chi connectivity index (χ3n) is 2.92. The molecular weight excluding hydrogens is 228 g/mol. The molecule has 2 nitrogen and oxygen atoms in total. The molecule has 0 aromatic heterocycles. The van der Waals surface area contributed by atoms with Gasteiger partial charge in [-0.3, -0.25) is 0 Å². The van der Waals surface area contributed by atoms with Gasteiger partial charge in [0.25, 0.3) is 0 Å². The van der Waals surface area contributed by atoms with E-state index >= 15 is 0 Å². The Kier molecular flexibility index (Phi) is 4.62. The van der Waals surface area contributed by atoms with Crippen molar-refractivity contribution in [2.75, 3.05) is 20.4 Å². The summed E-state index contributed by atoms with van der Waals surface area (Å²) >= 11 is 1.73. The Morgan fingerprint density at radius 3 is 2.12 bits per heavy atom. The van der Waals surface area contributed by atoms with Gasteiger partial charge in [0.15, 0.2) is 0 Å². The van der Waals surface area contributed by atoms with Crippen LogP contribution >= 0.6 is 11.8 Å². The van der Waals surface area contributed by atoms with Crippen LogP contribution in [0.4, 0.5) is 0 Å². The van der Waals surface area contributed by atoms with Crippen LogP contribution in [-0.4, -0.2) is 25.3 Å². The molecule has 0 aliphatic heterocycles. The van der Waals surface area contributed by atoms with Crippen LogP contribution in [-0.2, 0) is 0 Å². The average Bonchev–Trinajstić information content (AvgIpc) is 2.29. The largest absolute Gasteiger partial charge is 0.301 e. The molecule has 0 saturated carbocycles. The minimum absolute atomic E-state index is 0.114. The Balaban J connectivity index is 3.11. The van der Waals surface area contributed by atoms with Gasteiger partial charge < -0.3 is 4.90 Å². The smallest absolute Gasteiger partial charge is 0.0714 e. The molecule has 0 fully saturated rings. The van der Waals surface area contributed by atoms with E-state index in [1.807, 2.05) is 27.9 Å². The summed E-state index contributed by atoms with van der Waals surface area (Å²) in [7, 11) is 4.04. The molecule has 1 unspecified atom stereocenters. The lowest BCUT2D eigenvalue weighted by atomic mass is 9.81. The van der Waals surface area contributed by atoms with Crippen molar-refractivity contribution in [1.82, 2.24) is 4.90 Å². The molecule has 0 saturated heterocycles. The lowest BCUT2D eigenvalue weighted by Crippen LogP contribution is -2.32. The highest BCUT2D eigenvalue weighted by atomic mass is 32.2. The van der Waals surface area contributed by atoms with Gasteiger partial charge in [0.05, 0.1) is 17.5 Å². The maximum atomic E-state index is 9.29. The number of benzene rings is 1. The quantitative estimate of drug-likeness (QED) is 0.762. The van der Waals surface area contributed by atoms with Crippen LogP contribution in [0.3, 0.4) is 0 Å². The number of hydrogen-bond donors (Lipinski definition) is 0. The predicted molar refractivity (Wildman–Crippen MR) is 74.0 cm³/mol. The van der Waals surface area contributed by atoms with Crippen LogP contribution in [0.25, 0.3) is 0 Å². The third kappa shape index (κ3) is 3.24. The van der Waals surface area contributed by atoms with Crippen molar-refractivity contribution in [3.8, 4) is 6.07 Å². The van der Waals surface area contributed by atoms with E-state index in [4.69, 9.17) is 0 Å². The lowest BCUT2D eigenvalue weighted by Gasteiger charge is -2.34. The fourth-order valence-electron chi connectivity index (χ4n) is 2.21. The topological polar surface area (TPSA) is 27.0 Å². The van der Waals surface area contributed by atoms with Crippen LogP contribution in [0.15, 0.2) is 29.2 Å². The van der Waals surface area contributed by atoms with Crippen molar-refractivity contribution in [1.29, 1.82) is 5.26 Å². The number of nitrogens with zero attached hydrogens (tertiary/aromatic N) is 2. The summed E-state index contributed by atoms with van der Waals surface area (Å²) in [6.07, 6.45) is 2.07. The van der Waals surface area contributed by atoms with Crippen LogP contribution in [0, 0.1) is 16.7 Å². The third-order valence-corrected chi connectivity index (χ3v) is 3.66. The van der Waals surface area contributed by atoms with Gasteiger partial charge in [0, 0.05) is 4.90 Å². The first kappa shape index (κ1) is 14.1. The molecule has 0 aliphatic carbocycles. The van der Waals surface area contributed by atoms with Gasteiger partial charge >= 0.3 is 0 Å². The Hall–Kier alpha value is -0.980. The van der Waals surface area contributed by atoms with Crippen LogP contribution in [0.1, 0.15) is 25.5 Å². The van der Waals surface area contributed by atoms with Crippen LogP contribution in [0.2, 0.25) is 0 Å². The molecule has 0 amide bonds. The second-order valence-electron chi connectivity index (χ2n) is 4.97. The molecule has 0 bridgehead atoms. The first-order valence-corrected chi connectivity index (χ1v) is 6.86. The molecule has 0 radical (unpaired) electrons. The average molecular weight is 248 g/mol. The number of hydrogen-bond acceptors (Lipinski definition) is 3. The van der Waals surface area contributed by atoms with Crippen LogP contribution in [0.5, 0.6) is 0 Å². The zero-order valence-electron chi connectivity index (χ0n) is 11.2. The monoisotopic (exact) mass is 248 g/mol. The Bertz CT molecular complexity index is 401. The SMILES string of the molecule is CSc1ccc(C(N(C)C)C(C)(C)C#N)cc1. The summed E-state index contributed by atoms with van der Waals surface area (Å²) in [6, 6.07) is 11.0. The van der Waals surface area contributed by atoms with E-state index in [0.29, 0.717) is 0 Å². The predicted octanol–water partition coefficient (Wildman–Crippen LogP) is 3.56. The van der Waals surface area contributed by atoms with E-state index in [1.54, 1.807) is 11.8 Å². The minimum atomic E-state index is -0.398. The molecular formula is C14H20N2S. The van der Waals surface area contributed by atoms with E-state index in [0.717, 1.165) is 0 Å². The Labute approximate surface area is 109 Å². The highest BCUT2D eigenvalue weighted by Crippen LogP contribution is 2.36. The molecule has 1 aromatic carbocycles. The molecule has 0 N–H and O–H groups in total. The molecule has 0 spiro atoms. The van der Waals surface area contributed by atoms with Crippen molar-refractivity contribution in [3.05, 3.63) is 29.8 Å².